The molecule has 0 bridgehead atoms. The fourth-order valence-electron chi connectivity index (χ4n) is 3.51. The zero-order valence-electron chi connectivity index (χ0n) is 18.9. The predicted octanol–water partition coefficient (Wildman–Crippen LogP) is 5.78. The fourth-order valence-corrected chi connectivity index (χ4v) is 3.92. The number of anilines is 1. The van der Waals surface area contributed by atoms with Gasteiger partial charge >= 0.3 is 0 Å². The van der Waals surface area contributed by atoms with E-state index in [1.54, 1.807) is 36.4 Å². The maximum absolute atomic E-state index is 12.8. The first kappa shape index (κ1) is 23.5. The molecular formula is C27H20ClN5O2S. The quantitative estimate of drug-likeness (QED) is 0.280. The minimum Gasteiger partial charge on any atom is -0.489 e. The van der Waals surface area contributed by atoms with Gasteiger partial charge in [-0.05, 0) is 60.2 Å². The standard InChI is InChI=1S/C27H20ClN5O2S/c28-22-15-24-25(32-33(31-24)20-11-5-2-6-12-20)16-23(22)29-27(36)30-26(34)19-10-7-13-21(14-19)35-17-18-8-3-1-4-9-18/h1-16H,17H2,(H2,29,30,34,36). The average Bonchev–Trinajstić information content (AvgIpc) is 3.31. The number of benzene rings is 4. The van der Waals surface area contributed by atoms with Crippen LogP contribution < -0.4 is 15.4 Å². The lowest BCUT2D eigenvalue weighted by atomic mass is 10.2. The number of aromatic nitrogens is 3. The highest BCUT2D eigenvalue weighted by molar-refractivity contribution is 7.80. The van der Waals surface area contributed by atoms with Crippen LogP contribution in [-0.4, -0.2) is 26.0 Å². The van der Waals surface area contributed by atoms with Gasteiger partial charge in [-0.3, -0.25) is 10.1 Å². The lowest BCUT2D eigenvalue weighted by Gasteiger charge is -2.12. The summed E-state index contributed by atoms with van der Waals surface area (Å²) in [6, 6.07) is 29.7. The number of carbonyl (C=O) groups excluding carboxylic acids is 1. The molecule has 0 spiro atoms. The van der Waals surface area contributed by atoms with E-state index in [1.165, 1.54) is 4.80 Å². The van der Waals surface area contributed by atoms with Crippen molar-refractivity contribution < 1.29 is 9.53 Å². The fraction of sp³-hybridized carbons (Fsp3) is 0.0370. The number of nitrogens with one attached hydrogen (secondary N) is 2. The third kappa shape index (κ3) is 5.51. The van der Waals surface area contributed by atoms with Crippen molar-refractivity contribution in [3.8, 4) is 11.4 Å². The average molecular weight is 514 g/mol. The predicted molar refractivity (Wildman–Crippen MR) is 145 cm³/mol. The molecule has 4 aromatic carbocycles. The Morgan fingerprint density at radius 2 is 1.58 bits per heavy atom. The van der Waals surface area contributed by atoms with Crippen molar-refractivity contribution in [1.29, 1.82) is 0 Å². The smallest absolute Gasteiger partial charge is 0.257 e. The SMILES string of the molecule is O=C(NC(=S)Nc1cc2nn(-c3ccccc3)nc2cc1Cl)c1cccc(OCc2ccccc2)c1. The van der Waals surface area contributed by atoms with E-state index in [-0.39, 0.29) is 11.0 Å². The van der Waals surface area contributed by atoms with Crippen molar-refractivity contribution in [3.63, 3.8) is 0 Å². The monoisotopic (exact) mass is 513 g/mol. The Kier molecular flexibility index (Phi) is 6.88. The topological polar surface area (TPSA) is 81.1 Å². The first-order valence-corrected chi connectivity index (χ1v) is 11.8. The number of rotatable bonds is 6. The van der Waals surface area contributed by atoms with Crippen molar-refractivity contribution in [3.05, 3.63) is 113 Å². The summed E-state index contributed by atoms with van der Waals surface area (Å²) in [4.78, 5) is 14.3. The zero-order valence-corrected chi connectivity index (χ0v) is 20.5. The molecule has 0 aliphatic heterocycles. The highest BCUT2D eigenvalue weighted by Crippen LogP contribution is 2.27. The summed E-state index contributed by atoms with van der Waals surface area (Å²) in [5.41, 5.74) is 4.05. The molecule has 1 heterocycles. The van der Waals surface area contributed by atoms with Crippen LogP contribution in [0.1, 0.15) is 15.9 Å². The van der Waals surface area contributed by atoms with Gasteiger partial charge in [-0.25, -0.2) is 0 Å². The molecule has 0 radical (unpaired) electrons. The molecular weight excluding hydrogens is 494 g/mol. The Bertz CT molecular complexity index is 1540. The van der Waals surface area contributed by atoms with Gasteiger partial charge in [-0.15, -0.1) is 10.2 Å². The van der Waals surface area contributed by atoms with Crippen LogP contribution in [0, 0.1) is 0 Å². The molecule has 5 rings (SSSR count). The molecule has 0 atom stereocenters. The van der Waals surface area contributed by atoms with E-state index in [0.29, 0.717) is 39.7 Å². The van der Waals surface area contributed by atoms with Gasteiger partial charge in [-0.2, -0.15) is 4.80 Å². The normalized spacial score (nSPS) is 10.7. The molecule has 0 fully saturated rings. The molecule has 0 unspecified atom stereocenters. The van der Waals surface area contributed by atoms with Crippen molar-refractivity contribution in [1.82, 2.24) is 20.3 Å². The summed E-state index contributed by atoms with van der Waals surface area (Å²) >= 11 is 11.8. The first-order valence-electron chi connectivity index (χ1n) is 11.1. The van der Waals surface area contributed by atoms with Crippen molar-refractivity contribution in [2.24, 2.45) is 0 Å². The van der Waals surface area contributed by atoms with Crippen LogP contribution in [0.15, 0.2) is 97.1 Å². The Labute approximate surface area is 217 Å². The Balaban J connectivity index is 1.25. The Hall–Kier alpha value is -4.27. The number of hydrogen-bond donors (Lipinski definition) is 2. The van der Waals surface area contributed by atoms with Gasteiger partial charge in [0.1, 0.15) is 23.4 Å². The van der Waals surface area contributed by atoms with E-state index in [9.17, 15) is 4.79 Å². The van der Waals surface area contributed by atoms with Crippen molar-refractivity contribution in [2.45, 2.75) is 6.61 Å². The second-order valence-electron chi connectivity index (χ2n) is 7.86. The Morgan fingerprint density at radius 3 is 2.33 bits per heavy atom. The summed E-state index contributed by atoms with van der Waals surface area (Å²) in [6.07, 6.45) is 0. The highest BCUT2D eigenvalue weighted by atomic mass is 35.5. The van der Waals surface area contributed by atoms with Crippen LogP contribution >= 0.6 is 23.8 Å². The van der Waals surface area contributed by atoms with E-state index in [0.717, 1.165) is 11.3 Å². The molecule has 178 valence electrons. The molecule has 9 heteroatoms. The number of fused-ring (bicyclic) bond motifs is 1. The number of nitrogens with zero attached hydrogens (tertiary/aromatic N) is 3. The summed E-state index contributed by atoms with van der Waals surface area (Å²) < 4.78 is 5.81. The summed E-state index contributed by atoms with van der Waals surface area (Å²) in [5, 5.41) is 15.1. The van der Waals surface area contributed by atoms with Gasteiger partial charge in [0, 0.05) is 5.56 Å². The van der Waals surface area contributed by atoms with Crippen molar-refractivity contribution >= 4 is 51.6 Å². The number of hydrogen-bond acceptors (Lipinski definition) is 5. The number of carbonyl (C=O) groups is 1. The van der Waals surface area contributed by atoms with Gasteiger partial charge in [0.15, 0.2) is 5.11 Å². The van der Waals surface area contributed by atoms with Gasteiger partial charge < -0.3 is 10.1 Å². The van der Waals surface area contributed by atoms with Gasteiger partial charge in [0.25, 0.3) is 5.91 Å². The van der Waals surface area contributed by atoms with E-state index in [4.69, 9.17) is 28.6 Å². The van der Waals surface area contributed by atoms with E-state index in [1.807, 2.05) is 60.7 Å². The van der Waals surface area contributed by atoms with Crippen molar-refractivity contribution in [2.75, 3.05) is 5.32 Å². The molecule has 0 aliphatic rings. The van der Waals surface area contributed by atoms with Crippen LogP contribution in [-0.2, 0) is 6.61 Å². The van der Waals surface area contributed by atoms with Crippen LogP contribution in [0.2, 0.25) is 5.02 Å². The number of para-hydroxylation sites is 1. The first-order chi connectivity index (χ1) is 17.5. The second-order valence-corrected chi connectivity index (χ2v) is 8.67. The van der Waals surface area contributed by atoms with E-state index < -0.39 is 0 Å². The van der Waals surface area contributed by atoms with E-state index >= 15 is 0 Å². The molecule has 0 saturated carbocycles. The van der Waals surface area contributed by atoms with Crippen LogP contribution in [0.4, 0.5) is 5.69 Å². The number of thiocarbonyl (C=S) groups is 1. The molecule has 1 amide bonds. The molecule has 1 aromatic heterocycles. The second kappa shape index (κ2) is 10.6. The summed E-state index contributed by atoms with van der Waals surface area (Å²) in [6.45, 7) is 0.405. The number of ether oxygens (including phenoxy) is 1. The third-order valence-corrected chi connectivity index (χ3v) is 5.79. The van der Waals surface area contributed by atoms with Crippen LogP contribution in [0.25, 0.3) is 16.7 Å². The molecule has 0 aliphatic carbocycles. The van der Waals surface area contributed by atoms with Gasteiger partial charge in [-0.1, -0.05) is 66.2 Å². The molecule has 7 nitrogen and oxygen atoms in total. The minimum absolute atomic E-state index is 0.104. The third-order valence-electron chi connectivity index (χ3n) is 5.28. The maximum atomic E-state index is 12.8. The van der Waals surface area contributed by atoms with Gasteiger partial charge in [0.05, 0.1) is 16.4 Å². The minimum atomic E-state index is -0.370. The molecule has 5 aromatic rings. The van der Waals surface area contributed by atoms with Crippen LogP contribution in [0.5, 0.6) is 5.75 Å². The zero-order chi connectivity index (χ0) is 24.9. The largest absolute Gasteiger partial charge is 0.489 e. The summed E-state index contributed by atoms with van der Waals surface area (Å²) in [5.74, 6) is 0.213. The molecule has 36 heavy (non-hydrogen) atoms. The van der Waals surface area contributed by atoms with E-state index in [2.05, 4.69) is 20.8 Å². The number of halogens is 1. The lowest BCUT2D eigenvalue weighted by molar-refractivity contribution is 0.0977. The molecule has 2 N–H and O–H groups in total. The lowest BCUT2D eigenvalue weighted by Crippen LogP contribution is -2.34. The maximum Gasteiger partial charge on any atom is 0.257 e. The van der Waals surface area contributed by atoms with Gasteiger partial charge in [0.2, 0.25) is 0 Å². The highest BCUT2D eigenvalue weighted by Gasteiger charge is 2.13. The summed E-state index contributed by atoms with van der Waals surface area (Å²) in [7, 11) is 0. The van der Waals surface area contributed by atoms with Crippen LogP contribution in [0.3, 0.4) is 0 Å². The Morgan fingerprint density at radius 1 is 0.889 bits per heavy atom. The number of amides is 1. The molecule has 0 saturated heterocycles.